The highest BCUT2D eigenvalue weighted by Gasteiger charge is 2.09. The summed E-state index contributed by atoms with van der Waals surface area (Å²) in [4.78, 5) is 16.0. The molecule has 0 fully saturated rings. The van der Waals surface area contributed by atoms with Gasteiger partial charge in [0.25, 0.3) is 5.91 Å². The summed E-state index contributed by atoms with van der Waals surface area (Å²) in [6.45, 7) is 0.547. The van der Waals surface area contributed by atoms with Crippen molar-refractivity contribution in [1.82, 2.24) is 20.5 Å². The molecule has 0 saturated carbocycles. The Morgan fingerprint density at radius 3 is 3.00 bits per heavy atom. The lowest BCUT2D eigenvalue weighted by Gasteiger charge is -2.05. The molecule has 0 saturated heterocycles. The molecule has 4 N–H and O–H groups in total. The summed E-state index contributed by atoms with van der Waals surface area (Å²) in [5, 5.41) is 9.13. The van der Waals surface area contributed by atoms with Crippen LogP contribution in [0.4, 0.5) is 0 Å². The molecule has 0 spiro atoms. The molecule has 0 aliphatic carbocycles. The lowest BCUT2D eigenvalue weighted by Crippen LogP contribution is -2.24. The molecule has 2 aromatic rings. The zero-order valence-corrected chi connectivity index (χ0v) is 10.2. The quantitative estimate of drug-likeness (QED) is 0.675. The molecule has 6 heteroatoms. The summed E-state index contributed by atoms with van der Waals surface area (Å²) in [5.41, 5.74) is 6.50. The van der Waals surface area contributed by atoms with Crippen LogP contribution in [0.25, 0.3) is 0 Å². The van der Waals surface area contributed by atoms with Gasteiger partial charge in [-0.1, -0.05) is 24.0 Å². The first-order valence-electron chi connectivity index (χ1n) is 5.71. The largest absolute Gasteiger partial charge is 0.345 e. The average Bonchev–Trinajstić information content (AvgIpc) is 2.96. The molecule has 0 aliphatic heterocycles. The van der Waals surface area contributed by atoms with Gasteiger partial charge in [-0.05, 0) is 12.1 Å². The van der Waals surface area contributed by atoms with Crippen LogP contribution in [0.5, 0.6) is 0 Å². The molecule has 19 heavy (non-hydrogen) atoms. The van der Waals surface area contributed by atoms with Crippen molar-refractivity contribution in [1.29, 1.82) is 0 Å². The van der Waals surface area contributed by atoms with Gasteiger partial charge in [-0.25, -0.2) is 4.98 Å². The number of nitrogens with two attached hydrogens (primary N) is 1. The van der Waals surface area contributed by atoms with E-state index in [1.54, 1.807) is 18.2 Å². The van der Waals surface area contributed by atoms with Crippen molar-refractivity contribution in [3.63, 3.8) is 0 Å². The predicted molar refractivity (Wildman–Crippen MR) is 69.9 cm³/mol. The van der Waals surface area contributed by atoms with E-state index in [1.165, 1.54) is 6.33 Å². The van der Waals surface area contributed by atoms with Crippen molar-refractivity contribution in [2.75, 3.05) is 6.54 Å². The molecule has 1 heterocycles. The number of aromatic nitrogens is 3. The van der Waals surface area contributed by atoms with Crippen molar-refractivity contribution >= 4 is 5.91 Å². The van der Waals surface area contributed by atoms with Gasteiger partial charge in [-0.15, -0.1) is 0 Å². The van der Waals surface area contributed by atoms with Crippen LogP contribution in [0.15, 0.2) is 30.6 Å². The fourth-order valence-electron chi connectivity index (χ4n) is 1.51. The summed E-state index contributed by atoms with van der Waals surface area (Å²) in [5.74, 6) is 6.00. The van der Waals surface area contributed by atoms with Crippen LogP contribution in [0.2, 0.25) is 0 Å². The number of rotatable bonds is 3. The molecule has 96 valence electrons. The van der Waals surface area contributed by atoms with Crippen LogP contribution in [0.3, 0.4) is 0 Å². The third-order valence-corrected chi connectivity index (χ3v) is 2.38. The highest BCUT2D eigenvalue weighted by Crippen LogP contribution is 2.07. The SMILES string of the molecule is NCC#Cc1ccccc1C(=O)NCc1ncn[nH]1. The third-order valence-electron chi connectivity index (χ3n) is 2.38. The number of nitrogens with zero attached hydrogens (tertiary/aromatic N) is 2. The number of amides is 1. The zero-order valence-electron chi connectivity index (χ0n) is 10.2. The number of benzene rings is 1. The first kappa shape index (κ1) is 12.8. The van der Waals surface area contributed by atoms with Gasteiger partial charge >= 0.3 is 0 Å². The minimum absolute atomic E-state index is 0.210. The van der Waals surface area contributed by atoms with Crippen molar-refractivity contribution < 1.29 is 4.79 Å². The molecule has 6 nitrogen and oxygen atoms in total. The summed E-state index contributed by atoms with van der Waals surface area (Å²) < 4.78 is 0. The molecule has 0 radical (unpaired) electrons. The lowest BCUT2D eigenvalue weighted by atomic mass is 10.1. The van der Waals surface area contributed by atoms with Crippen LogP contribution < -0.4 is 11.1 Å². The second-order valence-corrected chi connectivity index (χ2v) is 3.67. The summed E-state index contributed by atoms with van der Waals surface area (Å²) in [6.07, 6.45) is 1.39. The number of aromatic amines is 1. The van der Waals surface area contributed by atoms with Gasteiger partial charge in [-0.2, -0.15) is 5.10 Å². The summed E-state index contributed by atoms with van der Waals surface area (Å²) in [6, 6.07) is 7.12. The van der Waals surface area contributed by atoms with E-state index in [2.05, 4.69) is 32.3 Å². The van der Waals surface area contributed by atoms with Crippen molar-refractivity contribution in [2.45, 2.75) is 6.54 Å². The van der Waals surface area contributed by atoms with Crippen molar-refractivity contribution in [2.24, 2.45) is 5.73 Å². The molecule has 0 atom stereocenters. The van der Waals surface area contributed by atoms with E-state index in [9.17, 15) is 4.79 Å². The lowest BCUT2D eigenvalue weighted by molar-refractivity contribution is 0.0949. The van der Waals surface area contributed by atoms with Crippen molar-refractivity contribution in [3.8, 4) is 11.8 Å². The van der Waals surface area contributed by atoms with Crippen LogP contribution in [0.1, 0.15) is 21.7 Å². The molecule has 2 rings (SSSR count). The van der Waals surface area contributed by atoms with E-state index in [0.717, 1.165) is 0 Å². The maximum absolute atomic E-state index is 12.1. The molecule has 0 unspecified atom stereocenters. The smallest absolute Gasteiger partial charge is 0.252 e. The predicted octanol–water partition coefficient (Wildman–Crippen LogP) is 0.0449. The number of carbonyl (C=O) groups excluding carboxylic acids is 1. The number of carbonyl (C=O) groups is 1. The monoisotopic (exact) mass is 255 g/mol. The Balaban J connectivity index is 2.10. The molecule has 1 aromatic carbocycles. The van der Waals surface area contributed by atoms with E-state index in [0.29, 0.717) is 17.0 Å². The van der Waals surface area contributed by atoms with Crippen LogP contribution in [0, 0.1) is 11.8 Å². The maximum atomic E-state index is 12.1. The molecular formula is C13H13N5O. The maximum Gasteiger partial charge on any atom is 0.252 e. The topological polar surface area (TPSA) is 96.7 Å². The zero-order chi connectivity index (χ0) is 13.5. The Morgan fingerprint density at radius 2 is 2.26 bits per heavy atom. The van der Waals surface area contributed by atoms with Gasteiger partial charge < -0.3 is 11.1 Å². The Morgan fingerprint density at radius 1 is 1.42 bits per heavy atom. The average molecular weight is 255 g/mol. The molecule has 1 aromatic heterocycles. The van der Waals surface area contributed by atoms with Gasteiger partial charge in [0.1, 0.15) is 12.2 Å². The highest BCUT2D eigenvalue weighted by atomic mass is 16.1. The molecule has 0 bridgehead atoms. The van der Waals surface area contributed by atoms with E-state index in [1.807, 2.05) is 6.07 Å². The molecule has 1 amide bonds. The standard InChI is InChI=1S/C13H13N5O/c14-7-3-5-10-4-1-2-6-11(10)13(19)15-8-12-16-9-17-18-12/h1-2,4,6,9H,7-8,14H2,(H,15,19)(H,16,17,18). The van der Waals surface area contributed by atoms with E-state index < -0.39 is 0 Å². The Labute approximate surface area is 110 Å². The van der Waals surface area contributed by atoms with Gasteiger partial charge in [0.05, 0.1) is 18.7 Å². The van der Waals surface area contributed by atoms with Crippen LogP contribution in [-0.2, 0) is 6.54 Å². The van der Waals surface area contributed by atoms with Gasteiger partial charge in [0.15, 0.2) is 0 Å². The third kappa shape index (κ3) is 3.40. The fraction of sp³-hybridized carbons (Fsp3) is 0.154. The van der Waals surface area contributed by atoms with Crippen molar-refractivity contribution in [3.05, 3.63) is 47.5 Å². The van der Waals surface area contributed by atoms with Crippen LogP contribution >= 0.6 is 0 Å². The summed E-state index contributed by atoms with van der Waals surface area (Å²) in [7, 11) is 0. The first-order valence-corrected chi connectivity index (χ1v) is 5.71. The second kappa shape index (κ2) is 6.33. The summed E-state index contributed by atoms with van der Waals surface area (Å²) >= 11 is 0. The van der Waals surface area contributed by atoms with Gasteiger partial charge in [0.2, 0.25) is 0 Å². The minimum Gasteiger partial charge on any atom is -0.345 e. The number of hydrogen-bond donors (Lipinski definition) is 3. The van der Waals surface area contributed by atoms with E-state index >= 15 is 0 Å². The van der Waals surface area contributed by atoms with E-state index in [-0.39, 0.29) is 19.0 Å². The number of nitrogens with one attached hydrogen (secondary N) is 2. The van der Waals surface area contributed by atoms with Gasteiger partial charge in [0, 0.05) is 5.56 Å². The molecule has 0 aliphatic rings. The minimum atomic E-state index is -0.210. The highest BCUT2D eigenvalue weighted by molar-refractivity contribution is 5.96. The Kier molecular flexibility index (Phi) is 4.26. The number of H-pyrrole nitrogens is 1. The molecular weight excluding hydrogens is 242 g/mol. The fourth-order valence-corrected chi connectivity index (χ4v) is 1.51. The Hall–Kier alpha value is -2.65. The number of hydrogen-bond acceptors (Lipinski definition) is 4. The normalized spacial score (nSPS) is 9.53. The first-order chi connectivity index (χ1) is 9.31. The Bertz CT molecular complexity index is 609. The second-order valence-electron chi connectivity index (χ2n) is 3.67. The van der Waals surface area contributed by atoms with Gasteiger partial charge in [-0.3, -0.25) is 9.89 Å². The van der Waals surface area contributed by atoms with Crippen LogP contribution in [-0.4, -0.2) is 27.6 Å². The van der Waals surface area contributed by atoms with E-state index in [4.69, 9.17) is 5.73 Å².